The number of esters is 1. The minimum Gasteiger partial charge on any atom is -0.469 e. The lowest BCUT2D eigenvalue weighted by molar-refractivity contribution is -0.140. The Bertz CT molecular complexity index is 728. The maximum absolute atomic E-state index is 14.0. The first-order chi connectivity index (χ1) is 13.4. The SMILES string of the molecule is COC(=O)CCCC(=O)N1CC[C@@]2(CCCN(Cc3cccc(F)c3F)C2)C1. The third kappa shape index (κ3) is 4.87. The van der Waals surface area contributed by atoms with Crippen molar-refractivity contribution in [1.29, 1.82) is 0 Å². The molecule has 1 aromatic carbocycles. The van der Waals surface area contributed by atoms with Crippen molar-refractivity contribution < 1.29 is 23.1 Å². The zero-order chi connectivity index (χ0) is 20.1. The molecule has 1 spiro atoms. The molecule has 2 aliphatic rings. The van der Waals surface area contributed by atoms with Gasteiger partial charge in [-0.25, -0.2) is 8.78 Å². The average molecular weight is 394 g/mol. The van der Waals surface area contributed by atoms with Crippen LogP contribution in [0.4, 0.5) is 8.78 Å². The molecule has 0 aliphatic carbocycles. The minimum absolute atomic E-state index is 0.0278. The molecule has 1 amide bonds. The Morgan fingerprint density at radius 1 is 1.14 bits per heavy atom. The van der Waals surface area contributed by atoms with E-state index in [1.54, 1.807) is 6.07 Å². The zero-order valence-corrected chi connectivity index (χ0v) is 16.4. The first kappa shape index (κ1) is 20.7. The summed E-state index contributed by atoms with van der Waals surface area (Å²) in [4.78, 5) is 27.7. The van der Waals surface area contributed by atoms with E-state index in [1.165, 1.54) is 13.2 Å². The molecule has 3 rings (SSSR count). The number of amides is 1. The number of likely N-dealkylation sites (tertiary alicyclic amines) is 2. The van der Waals surface area contributed by atoms with Crippen molar-refractivity contribution in [3.05, 3.63) is 35.4 Å². The van der Waals surface area contributed by atoms with E-state index in [0.29, 0.717) is 31.5 Å². The predicted molar refractivity (Wildman–Crippen MR) is 100 cm³/mol. The van der Waals surface area contributed by atoms with Gasteiger partial charge in [-0.3, -0.25) is 14.5 Å². The summed E-state index contributed by atoms with van der Waals surface area (Å²) in [6.07, 6.45) is 4.07. The standard InChI is InChI=1S/C21H28F2N2O3/c1-28-19(27)8-3-7-18(26)25-12-10-21(15-25)9-4-11-24(14-21)13-16-5-2-6-17(22)20(16)23/h2,5-6H,3-4,7-15H2,1H3/t21-/m1/s1. The van der Waals surface area contributed by atoms with Gasteiger partial charge in [0.05, 0.1) is 7.11 Å². The summed E-state index contributed by atoms with van der Waals surface area (Å²) in [5.41, 5.74) is 0.408. The minimum atomic E-state index is -0.811. The smallest absolute Gasteiger partial charge is 0.305 e. The van der Waals surface area contributed by atoms with Gasteiger partial charge < -0.3 is 9.64 Å². The van der Waals surface area contributed by atoms with Crippen LogP contribution in [0.1, 0.15) is 44.1 Å². The summed E-state index contributed by atoms with van der Waals surface area (Å²) in [5.74, 6) is -1.79. The summed E-state index contributed by atoms with van der Waals surface area (Å²) in [7, 11) is 1.35. The molecule has 0 saturated carbocycles. The van der Waals surface area contributed by atoms with Crippen LogP contribution in [-0.2, 0) is 20.9 Å². The number of hydrogen-bond donors (Lipinski definition) is 0. The fourth-order valence-corrected chi connectivity index (χ4v) is 4.48. The Morgan fingerprint density at radius 3 is 2.75 bits per heavy atom. The van der Waals surface area contributed by atoms with Gasteiger partial charge in [-0.05, 0) is 38.3 Å². The Labute approximate surface area is 164 Å². The Kier molecular flexibility index (Phi) is 6.65. The third-order valence-corrected chi connectivity index (χ3v) is 5.96. The molecule has 7 heteroatoms. The lowest BCUT2D eigenvalue weighted by Crippen LogP contribution is -2.45. The molecule has 0 aromatic heterocycles. The summed E-state index contributed by atoms with van der Waals surface area (Å²) in [6.45, 7) is 3.45. The van der Waals surface area contributed by atoms with E-state index in [0.717, 1.165) is 45.0 Å². The van der Waals surface area contributed by atoms with Crippen LogP contribution in [0.3, 0.4) is 0 Å². The molecule has 0 unspecified atom stereocenters. The number of carbonyl (C=O) groups excluding carboxylic acids is 2. The number of rotatable bonds is 6. The van der Waals surface area contributed by atoms with E-state index >= 15 is 0 Å². The number of hydrogen-bond acceptors (Lipinski definition) is 4. The van der Waals surface area contributed by atoms with Crippen LogP contribution in [0.25, 0.3) is 0 Å². The summed E-state index contributed by atoms with van der Waals surface area (Å²) < 4.78 is 32.1. The Balaban J connectivity index is 1.54. The molecule has 0 bridgehead atoms. The molecule has 2 fully saturated rings. The molecule has 0 N–H and O–H groups in total. The largest absolute Gasteiger partial charge is 0.469 e. The maximum atomic E-state index is 14.0. The number of halogens is 2. The van der Waals surface area contributed by atoms with Crippen molar-refractivity contribution in [2.45, 2.75) is 45.1 Å². The summed E-state index contributed by atoms with van der Waals surface area (Å²) >= 11 is 0. The van der Waals surface area contributed by atoms with E-state index < -0.39 is 11.6 Å². The lowest BCUT2D eigenvalue weighted by Gasteiger charge is -2.40. The van der Waals surface area contributed by atoms with Gasteiger partial charge in [-0.2, -0.15) is 0 Å². The Hall–Kier alpha value is -2.02. The molecule has 1 aromatic rings. The number of nitrogens with zero attached hydrogens (tertiary/aromatic N) is 2. The van der Waals surface area contributed by atoms with Crippen LogP contribution in [0.15, 0.2) is 18.2 Å². The van der Waals surface area contributed by atoms with Crippen molar-refractivity contribution in [2.75, 3.05) is 33.3 Å². The van der Waals surface area contributed by atoms with Crippen LogP contribution >= 0.6 is 0 Å². The van der Waals surface area contributed by atoms with Gasteiger partial charge >= 0.3 is 5.97 Å². The molecule has 1 atom stereocenters. The van der Waals surface area contributed by atoms with Crippen LogP contribution in [0, 0.1) is 17.0 Å². The van der Waals surface area contributed by atoms with Crippen molar-refractivity contribution in [1.82, 2.24) is 9.80 Å². The third-order valence-electron chi connectivity index (χ3n) is 5.96. The quantitative estimate of drug-likeness (QED) is 0.696. The number of piperidine rings is 1. The van der Waals surface area contributed by atoms with Gasteiger partial charge in [-0.15, -0.1) is 0 Å². The first-order valence-electron chi connectivity index (χ1n) is 9.92. The normalized spacial score (nSPS) is 22.6. The van der Waals surface area contributed by atoms with Crippen LogP contribution < -0.4 is 0 Å². The fourth-order valence-electron chi connectivity index (χ4n) is 4.48. The molecule has 2 aliphatic heterocycles. The van der Waals surface area contributed by atoms with E-state index in [-0.39, 0.29) is 23.7 Å². The highest BCUT2D eigenvalue weighted by atomic mass is 19.2. The molecule has 2 saturated heterocycles. The molecular formula is C21H28F2N2O3. The number of methoxy groups -OCH3 is 1. The Morgan fingerprint density at radius 2 is 1.96 bits per heavy atom. The number of carbonyl (C=O) groups is 2. The molecule has 2 heterocycles. The average Bonchev–Trinajstić information content (AvgIpc) is 3.08. The van der Waals surface area contributed by atoms with Crippen LogP contribution in [-0.4, -0.2) is 55.0 Å². The first-order valence-corrected chi connectivity index (χ1v) is 9.92. The van der Waals surface area contributed by atoms with E-state index in [2.05, 4.69) is 9.64 Å². The maximum Gasteiger partial charge on any atom is 0.305 e. The van der Waals surface area contributed by atoms with Gasteiger partial charge in [0.1, 0.15) is 0 Å². The monoisotopic (exact) mass is 394 g/mol. The van der Waals surface area contributed by atoms with Gasteiger partial charge in [0.2, 0.25) is 5.91 Å². The zero-order valence-electron chi connectivity index (χ0n) is 16.4. The van der Waals surface area contributed by atoms with Crippen molar-refractivity contribution in [3.63, 3.8) is 0 Å². The van der Waals surface area contributed by atoms with E-state index in [4.69, 9.17) is 0 Å². The second-order valence-electron chi connectivity index (χ2n) is 8.02. The highest BCUT2D eigenvalue weighted by Gasteiger charge is 2.42. The summed E-state index contributed by atoms with van der Waals surface area (Å²) in [6, 6.07) is 4.31. The second-order valence-corrected chi connectivity index (χ2v) is 8.02. The van der Waals surface area contributed by atoms with Gasteiger partial charge in [0.15, 0.2) is 11.6 Å². The van der Waals surface area contributed by atoms with Gasteiger partial charge in [0.25, 0.3) is 0 Å². The van der Waals surface area contributed by atoms with E-state index in [9.17, 15) is 18.4 Å². The molecular weight excluding hydrogens is 366 g/mol. The highest BCUT2D eigenvalue weighted by Crippen LogP contribution is 2.39. The molecule has 0 radical (unpaired) electrons. The van der Waals surface area contributed by atoms with E-state index in [1.807, 2.05) is 4.90 Å². The lowest BCUT2D eigenvalue weighted by atomic mass is 9.79. The molecule has 154 valence electrons. The molecule has 28 heavy (non-hydrogen) atoms. The fraction of sp³-hybridized carbons (Fsp3) is 0.619. The van der Waals surface area contributed by atoms with Crippen molar-refractivity contribution in [2.24, 2.45) is 5.41 Å². The topological polar surface area (TPSA) is 49.9 Å². The number of ether oxygens (including phenoxy) is 1. The van der Waals surface area contributed by atoms with Gasteiger partial charge in [-0.1, -0.05) is 12.1 Å². The van der Waals surface area contributed by atoms with Crippen LogP contribution in [0.2, 0.25) is 0 Å². The summed E-state index contributed by atoms with van der Waals surface area (Å²) in [5, 5.41) is 0. The van der Waals surface area contributed by atoms with Crippen molar-refractivity contribution >= 4 is 11.9 Å². The molecule has 5 nitrogen and oxygen atoms in total. The number of benzene rings is 1. The van der Waals surface area contributed by atoms with Crippen LogP contribution in [0.5, 0.6) is 0 Å². The second kappa shape index (κ2) is 8.99. The predicted octanol–water partition coefficient (Wildman–Crippen LogP) is 3.12. The van der Waals surface area contributed by atoms with Gasteiger partial charge in [0, 0.05) is 50.0 Å². The highest BCUT2D eigenvalue weighted by molar-refractivity contribution is 5.77. The van der Waals surface area contributed by atoms with Crippen molar-refractivity contribution in [3.8, 4) is 0 Å².